The van der Waals surface area contributed by atoms with Gasteiger partial charge in [0.25, 0.3) is 0 Å². The normalized spacial score (nSPS) is 16.2. The van der Waals surface area contributed by atoms with Gasteiger partial charge >= 0.3 is 5.97 Å². The van der Waals surface area contributed by atoms with Crippen molar-refractivity contribution in [2.24, 2.45) is 0 Å². The molecule has 1 aliphatic heterocycles. The van der Waals surface area contributed by atoms with Gasteiger partial charge in [-0.3, -0.25) is 14.5 Å². The molecule has 0 spiro atoms. The maximum atomic E-state index is 11.7. The minimum absolute atomic E-state index is 0.247. The van der Waals surface area contributed by atoms with Gasteiger partial charge in [-0.1, -0.05) is 6.42 Å². The second-order valence-corrected chi connectivity index (χ2v) is 5.26. The third kappa shape index (κ3) is 3.19. The van der Waals surface area contributed by atoms with E-state index in [0.717, 1.165) is 25.9 Å². The van der Waals surface area contributed by atoms with Crippen molar-refractivity contribution in [3.8, 4) is 5.75 Å². The molecule has 1 aliphatic rings. The molecule has 1 saturated heterocycles. The van der Waals surface area contributed by atoms with Crippen molar-refractivity contribution >= 4 is 5.97 Å². The molecule has 1 fully saturated rings. The maximum Gasteiger partial charge on any atom is 0.323 e. The van der Waals surface area contributed by atoms with Crippen LogP contribution in [0.25, 0.3) is 0 Å². The summed E-state index contributed by atoms with van der Waals surface area (Å²) < 4.78 is 1.51. The smallest absolute Gasteiger partial charge is 0.323 e. The van der Waals surface area contributed by atoms with Crippen molar-refractivity contribution in [1.29, 1.82) is 0 Å². The lowest BCUT2D eigenvalue weighted by molar-refractivity contribution is -0.137. The van der Waals surface area contributed by atoms with Crippen LogP contribution in [0, 0.1) is 6.92 Å². The molecule has 2 rings (SSSR count). The van der Waals surface area contributed by atoms with E-state index in [2.05, 4.69) is 4.90 Å². The number of likely N-dealkylation sites (tertiary alicyclic amines) is 1. The Morgan fingerprint density at radius 3 is 2.55 bits per heavy atom. The fraction of sp³-hybridized carbons (Fsp3) is 0.571. The summed E-state index contributed by atoms with van der Waals surface area (Å²) in [6.07, 6.45) is 3.38. The van der Waals surface area contributed by atoms with Crippen LogP contribution in [0.3, 0.4) is 0 Å². The molecule has 6 heteroatoms. The van der Waals surface area contributed by atoms with Crippen LogP contribution < -0.4 is 5.43 Å². The van der Waals surface area contributed by atoms with Crippen LogP contribution >= 0.6 is 0 Å². The van der Waals surface area contributed by atoms with Crippen LogP contribution in [-0.2, 0) is 17.9 Å². The largest absolute Gasteiger partial charge is 0.503 e. The zero-order valence-electron chi connectivity index (χ0n) is 11.6. The number of aromatic nitrogens is 1. The first-order valence-electron chi connectivity index (χ1n) is 6.85. The van der Waals surface area contributed by atoms with E-state index in [1.165, 1.54) is 17.1 Å². The number of aromatic hydroxyl groups is 1. The standard InChI is InChI=1S/C14H20N2O4/c1-10-7-12(17)14(20)11(16(10)9-13(18)19)8-15-5-3-2-4-6-15/h7,20H,2-6,8-9H2,1H3,(H,18,19). The number of hydrogen-bond donors (Lipinski definition) is 2. The number of nitrogens with zero attached hydrogens (tertiary/aromatic N) is 2. The van der Waals surface area contributed by atoms with Crippen molar-refractivity contribution < 1.29 is 15.0 Å². The van der Waals surface area contributed by atoms with Crippen LogP contribution in [0.1, 0.15) is 30.7 Å². The van der Waals surface area contributed by atoms with Gasteiger partial charge in [-0.2, -0.15) is 0 Å². The molecule has 0 bridgehead atoms. The number of aliphatic carboxylic acids is 1. The molecule has 6 nitrogen and oxygen atoms in total. The van der Waals surface area contributed by atoms with E-state index in [-0.39, 0.29) is 12.3 Å². The predicted octanol–water partition coefficient (Wildman–Crippen LogP) is 0.933. The summed E-state index contributed by atoms with van der Waals surface area (Å²) in [7, 11) is 0. The minimum atomic E-state index is -0.990. The first-order valence-corrected chi connectivity index (χ1v) is 6.85. The van der Waals surface area contributed by atoms with Crippen molar-refractivity contribution in [3.05, 3.63) is 27.7 Å². The molecule has 0 aromatic carbocycles. The number of hydrogen-bond acceptors (Lipinski definition) is 4. The van der Waals surface area contributed by atoms with Crippen LogP contribution in [0.2, 0.25) is 0 Å². The molecule has 0 saturated carbocycles. The number of carbonyl (C=O) groups is 1. The van der Waals surface area contributed by atoms with Crippen LogP contribution in [0.15, 0.2) is 10.9 Å². The number of rotatable bonds is 4. The number of carboxylic acid groups (broad SMARTS) is 1. The molecular weight excluding hydrogens is 260 g/mol. The molecule has 0 unspecified atom stereocenters. The summed E-state index contributed by atoms with van der Waals surface area (Å²) in [6.45, 7) is 3.67. The van der Waals surface area contributed by atoms with E-state index in [4.69, 9.17) is 5.11 Å². The highest BCUT2D eigenvalue weighted by atomic mass is 16.4. The maximum absolute atomic E-state index is 11.7. The molecule has 0 amide bonds. The lowest BCUT2D eigenvalue weighted by atomic mass is 10.1. The van der Waals surface area contributed by atoms with Gasteiger partial charge in [0.1, 0.15) is 6.54 Å². The van der Waals surface area contributed by atoms with Gasteiger partial charge in [0, 0.05) is 18.3 Å². The molecule has 2 heterocycles. The molecule has 1 aromatic heterocycles. The Bertz CT molecular complexity index is 559. The number of aryl methyl sites for hydroxylation is 1. The topological polar surface area (TPSA) is 82.8 Å². The number of pyridine rings is 1. The summed E-state index contributed by atoms with van der Waals surface area (Å²) in [5.74, 6) is -1.32. The van der Waals surface area contributed by atoms with E-state index >= 15 is 0 Å². The first kappa shape index (κ1) is 14.6. The van der Waals surface area contributed by atoms with Gasteiger partial charge in [-0.25, -0.2) is 0 Å². The predicted molar refractivity (Wildman–Crippen MR) is 73.9 cm³/mol. The van der Waals surface area contributed by atoms with Gasteiger partial charge in [-0.15, -0.1) is 0 Å². The summed E-state index contributed by atoms with van der Waals surface area (Å²) in [6, 6.07) is 1.28. The molecule has 0 radical (unpaired) electrons. The quantitative estimate of drug-likeness (QED) is 0.857. The Morgan fingerprint density at radius 2 is 1.95 bits per heavy atom. The number of piperidine rings is 1. The van der Waals surface area contributed by atoms with Gasteiger partial charge < -0.3 is 14.8 Å². The fourth-order valence-electron chi connectivity index (χ4n) is 2.66. The molecule has 1 aromatic rings. The molecule has 2 N–H and O–H groups in total. The average molecular weight is 280 g/mol. The van der Waals surface area contributed by atoms with Crippen LogP contribution in [-0.4, -0.2) is 38.7 Å². The third-order valence-corrected chi connectivity index (χ3v) is 3.71. The van der Waals surface area contributed by atoms with E-state index < -0.39 is 11.4 Å². The Kier molecular flexibility index (Phi) is 4.44. The van der Waals surface area contributed by atoms with E-state index in [0.29, 0.717) is 17.9 Å². The van der Waals surface area contributed by atoms with Gasteiger partial charge in [-0.05, 0) is 32.9 Å². The van der Waals surface area contributed by atoms with Gasteiger partial charge in [0.15, 0.2) is 5.75 Å². The molecule has 0 aliphatic carbocycles. The Labute approximate surface area is 117 Å². The summed E-state index contributed by atoms with van der Waals surface area (Å²) >= 11 is 0. The lowest BCUT2D eigenvalue weighted by Crippen LogP contribution is -2.32. The van der Waals surface area contributed by atoms with Crippen molar-refractivity contribution in [2.45, 2.75) is 39.3 Å². The average Bonchev–Trinajstić information content (AvgIpc) is 2.41. The fourth-order valence-corrected chi connectivity index (χ4v) is 2.66. The molecule has 20 heavy (non-hydrogen) atoms. The molecule has 0 atom stereocenters. The van der Waals surface area contributed by atoms with Crippen molar-refractivity contribution in [3.63, 3.8) is 0 Å². The zero-order chi connectivity index (χ0) is 14.7. The second-order valence-electron chi connectivity index (χ2n) is 5.26. The summed E-state index contributed by atoms with van der Waals surface area (Å²) in [5, 5.41) is 19.0. The highest BCUT2D eigenvalue weighted by Gasteiger charge is 2.19. The van der Waals surface area contributed by atoms with Crippen LogP contribution in [0.4, 0.5) is 0 Å². The van der Waals surface area contributed by atoms with Gasteiger partial charge in [0.2, 0.25) is 5.43 Å². The first-order chi connectivity index (χ1) is 9.49. The zero-order valence-corrected chi connectivity index (χ0v) is 11.6. The van der Waals surface area contributed by atoms with Crippen LogP contribution in [0.5, 0.6) is 5.75 Å². The van der Waals surface area contributed by atoms with E-state index in [1.807, 2.05) is 0 Å². The second kappa shape index (κ2) is 6.09. The Balaban J connectivity index is 2.36. The molecule has 110 valence electrons. The molecular formula is C14H20N2O4. The van der Waals surface area contributed by atoms with E-state index in [9.17, 15) is 14.7 Å². The monoisotopic (exact) mass is 280 g/mol. The van der Waals surface area contributed by atoms with E-state index in [1.54, 1.807) is 6.92 Å². The lowest BCUT2D eigenvalue weighted by Gasteiger charge is -2.28. The Morgan fingerprint density at radius 1 is 1.30 bits per heavy atom. The highest BCUT2D eigenvalue weighted by molar-refractivity contribution is 5.67. The SMILES string of the molecule is Cc1cc(=O)c(O)c(CN2CCCCC2)n1CC(=O)O. The number of carboxylic acids is 1. The highest BCUT2D eigenvalue weighted by Crippen LogP contribution is 2.19. The summed E-state index contributed by atoms with van der Waals surface area (Å²) in [5.41, 5.74) is 0.512. The Hall–Kier alpha value is -1.82. The third-order valence-electron chi connectivity index (χ3n) is 3.71. The van der Waals surface area contributed by atoms with Gasteiger partial charge in [0.05, 0.1) is 5.69 Å². The minimum Gasteiger partial charge on any atom is -0.503 e. The van der Waals surface area contributed by atoms with Crippen molar-refractivity contribution in [1.82, 2.24) is 9.47 Å². The summed E-state index contributed by atoms with van der Waals surface area (Å²) in [4.78, 5) is 24.8. The van der Waals surface area contributed by atoms with Crippen molar-refractivity contribution in [2.75, 3.05) is 13.1 Å².